The molecule has 1 aromatic rings. The quantitative estimate of drug-likeness (QED) is 0.801. The van der Waals surface area contributed by atoms with E-state index in [4.69, 9.17) is 14.6 Å². The third kappa shape index (κ3) is 2.98. The maximum atomic E-state index is 11.4. The zero-order chi connectivity index (χ0) is 14.7. The van der Waals surface area contributed by atoms with Gasteiger partial charge in [0.25, 0.3) is 0 Å². The van der Waals surface area contributed by atoms with Crippen molar-refractivity contribution in [3.05, 3.63) is 18.2 Å². The number of ether oxygens (including phenoxy) is 2. The van der Waals surface area contributed by atoms with E-state index in [-0.39, 0.29) is 17.8 Å². The van der Waals surface area contributed by atoms with Gasteiger partial charge in [-0.2, -0.15) is 0 Å². The first-order valence-electron chi connectivity index (χ1n) is 5.95. The average Bonchev–Trinajstić information content (AvgIpc) is 2.44. The lowest BCUT2D eigenvalue weighted by molar-refractivity contribution is -0.151. The van der Waals surface area contributed by atoms with Gasteiger partial charge < -0.3 is 19.5 Å². The molecule has 0 radical (unpaired) electrons. The highest BCUT2D eigenvalue weighted by atomic mass is 32.2. The topological polar surface area (TPSA) is 76.1 Å². The fraction of sp³-hybridized carbons (Fsp3) is 0.385. The molecule has 1 N–H and O–H groups in total. The van der Waals surface area contributed by atoms with Gasteiger partial charge >= 0.3 is 5.97 Å². The minimum Gasteiger partial charge on any atom is -0.493 e. The third-order valence-corrected chi connectivity index (χ3v) is 4.17. The number of carboxylic acids is 1. The number of carbonyl (C=O) groups excluding carboxylic acids is 1. The summed E-state index contributed by atoms with van der Waals surface area (Å²) in [6.07, 6.45) is 0.353. The predicted molar refractivity (Wildman–Crippen MR) is 73.2 cm³/mol. The minimum absolute atomic E-state index is 0.134. The number of rotatable bonds is 6. The molecular weight excluding hydrogens is 282 g/mol. The van der Waals surface area contributed by atoms with Crippen molar-refractivity contribution in [3.63, 3.8) is 0 Å². The molecule has 1 amide bonds. The molecule has 6 nitrogen and oxygen atoms in total. The van der Waals surface area contributed by atoms with Crippen LogP contribution in [0.5, 0.6) is 11.5 Å². The van der Waals surface area contributed by atoms with Crippen molar-refractivity contribution < 1.29 is 24.2 Å². The van der Waals surface area contributed by atoms with E-state index in [2.05, 4.69) is 0 Å². The molecule has 108 valence electrons. The van der Waals surface area contributed by atoms with Crippen LogP contribution >= 0.6 is 11.8 Å². The van der Waals surface area contributed by atoms with Crippen molar-refractivity contribution >= 4 is 23.6 Å². The van der Waals surface area contributed by atoms with Gasteiger partial charge in [-0.3, -0.25) is 9.59 Å². The number of carboxylic acid groups (broad SMARTS) is 1. The van der Waals surface area contributed by atoms with Gasteiger partial charge in [0.2, 0.25) is 5.91 Å². The molecule has 1 aromatic carbocycles. The molecule has 0 spiro atoms. The second-order valence-electron chi connectivity index (χ2n) is 4.21. The number of hydrogen-bond acceptors (Lipinski definition) is 5. The van der Waals surface area contributed by atoms with Crippen LogP contribution in [0.2, 0.25) is 0 Å². The number of hydrogen-bond donors (Lipinski definition) is 1. The van der Waals surface area contributed by atoms with Gasteiger partial charge in [-0.1, -0.05) is 0 Å². The zero-order valence-corrected chi connectivity index (χ0v) is 12.0. The van der Waals surface area contributed by atoms with Crippen molar-refractivity contribution in [2.24, 2.45) is 0 Å². The number of likely N-dealkylation sites (tertiary alicyclic amines) is 1. The van der Waals surface area contributed by atoms with Crippen LogP contribution in [-0.4, -0.2) is 48.0 Å². The van der Waals surface area contributed by atoms with E-state index in [0.717, 1.165) is 4.90 Å². The number of nitrogens with zero attached hydrogens (tertiary/aromatic N) is 1. The summed E-state index contributed by atoms with van der Waals surface area (Å²) in [6.45, 7) is -0.260. The number of β-lactam (4-membered cyclic amide) rings is 1. The first-order chi connectivity index (χ1) is 9.55. The Bertz CT molecular complexity index is 533. The zero-order valence-electron chi connectivity index (χ0n) is 11.2. The molecule has 0 saturated carbocycles. The average molecular weight is 297 g/mol. The molecule has 0 aromatic heterocycles. The van der Waals surface area contributed by atoms with E-state index in [9.17, 15) is 9.59 Å². The van der Waals surface area contributed by atoms with E-state index >= 15 is 0 Å². The fourth-order valence-electron chi connectivity index (χ4n) is 1.91. The lowest BCUT2D eigenvalue weighted by atomic mass is 10.2. The second-order valence-corrected chi connectivity index (χ2v) is 5.46. The molecule has 0 bridgehead atoms. The van der Waals surface area contributed by atoms with Gasteiger partial charge in [0.1, 0.15) is 6.54 Å². The fourth-order valence-corrected chi connectivity index (χ4v) is 3.09. The van der Waals surface area contributed by atoms with E-state index in [1.807, 2.05) is 12.1 Å². The Hall–Kier alpha value is -1.89. The number of aliphatic carboxylic acids is 1. The van der Waals surface area contributed by atoms with Gasteiger partial charge in [-0.05, 0) is 18.2 Å². The van der Waals surface area contributed by atoms with Crippen LogP contribution in [0, 0.1) is 0 Å². The lowest BCUT2D eigenvalue weighted by Crippen LogP contribution is -2.52. The largest absolute Gasteiger partial charge is 0.493 e. The predicted octanol–water partition coefficient (Wildman–Crippen LogP) is 1.44. The molecule has 1 atom stereocenters. The van der Waals surface area contributed by atoms with Crippen molar-refractivity contribution in [2.45, 2.75) is 16.7 Å². The maximum Gasteiger partial charge on any atom is 0.323 e. The summed E-state index contributed by atoms with van der Waals surface area (Å²) in [5.41, 5.74) is 0. The second kappa shape index (κ2) is 6.04. The molecule has 7 heteroatoms. The summed E-state index contributed by atoms with van der Waals surface area (Å²) in [4.78, 5) is 24.3. The van der Waals surface area contributed by atoms with E-state index in [1.165, 1.54) is 16.7 Å². The van der Waals surface area contributed by atoms with E-state index in [0.29, 0.717) is 17.9 Å². The highest BCUT2D eigenvalue weighted by Gasteiger charge is 2.37. The molecule has 1 unspecified atom stereocenters. The number of methoxy groups -OCH3 is 2. The maximum absolute atomic E-state index is 11.4. The Kier molecular flexibility index (Phi) is 4.39. The Morgan fingerprint density at radius 1 is 1.40 bits per heavy atom. The summed E-state index contributed by atoms with van der Waals surface area (Å²) < 4.78 is 10.4. The SMILES string of the molecule is COc1ccc(SC2CC(=O)N2CC(=O)O)cc1OC. The molecule has 1 aliphatic heterocycles. The normalized spacial score (nSPS) is 17.6. The lowest BCUT2D eigenvalue weighted by Gasteiger charge is -2.38. The van der Waals surface area contributed by atoms with Crippen LogP contribution in [0.4, 0.5) is 0 Å². The monoisotopic (exact) mass is 297 g/mol. The van der Waals surface area contributed by atoms with Crippen LogP contribution in [0.1, 0.15) is 6.42 Å². The van der Waals surface area contributed by atoms with Crippen LogP contribution in [0.15, 0.2) is 23.1 Å². The highest BCUT2D eigenvalue weighted by Crippen LogP contribution is 2.38. The van der Waals surface area contributed by atoms with Crippen LogP contribution in [-0.2, 0) is 9.59 Å². The van der Waals surface area contributed by atoms with Gasteiger partial charge in [-0.25, -0.2) is 0 Å². The van der Waals surface area contributed by atoms with Crippen LogP contribution in [0.25, 0.3) is 0 Å². The van der Waals surface area contributed by atoms with Gasteiger partial charge in [0, 0.05) is 4.90 Å². The highest BCUT2D eigenvalue weighted by molar-refractivity contribution is 8.00. The molecule has 1 saturated heterocycles. The van der Waals surface area contributed by atoms with Crippen molar-refractivity contribution in [1.29, 1.82) is 0 Å². The Balaban J connectivity index is 2.06. The molecule has 1 heterocycles. The number of amides is 1. The summed E-state index contributed by atoms with van der Waals surface area (Å²) in [5, 5.41) is 8.62. The summed E-state index contributed by atoms with van der Waals surface area (Å²) in [6, 6.07) is 5.45. The summed E-state index contributed by atoms with van der Waals surface area (Å²) >= 11 is 1.44. The minimum atomic E-state index is -1.00. The number of carbonyl (C=O) groups is 2. The smallest absolute Gasteiger partial charge is 0.323 e. The first kappa shape index (κ1) is 14.5. The van der Waals surface area contributed by atoms with Crippen LogP contribution < -0.4 is 9.47 Å². The molecule has 1 aliphatic rings. The van der Waals surface area contributed by atoms with Gasteiger partial charge in [0.05, 0.1) is 26.0 Å². The van der Waals surface area contributed by atoms with Crippen molar-refractivity contribution in [3.8, 4) is 11.5 Å². The third-order valence-electron chi connectivity index (χ3n) is 2.95. The van der Waals surface area contributed by atoms with Gasteiger partial charge in [-0.15, -0.1) is 11.8 Å². The standard InChI is InChI=1S/C13H15NO5S/c1-18-9-4-3-8(5-10(9)19-2)20-12-6-11(15)14(12)7-13(16)17/h3-5,12H,6-7H2,1-2H3,(H,16,17). The Labute approximate surface area is 120 Å². The number of thioether (sulfide) groups is 1. The van der Waals surface area contributed by atoms with Crippen molar-refractivity contribution in [2.75, 3.05) is 20.8 Å². The number of benzene rings is 1. The summed E-state index contributed by atoms with van der Waals surface area (Å²) in [5.74, 6) is 0.0956. The van der Waals surface area contributed by atoms with Crippen molar-refractivity contribution in [1.82, 2.24) is 4.90 Å². The molecular formula is C13H15NO5S. The summed E-state index contributed by atoms with van der Waals surface area (Å²) in [7, 11) is 3.11. The Morgan fingerprint density at radius 2 is 2.10 bits per heavy atom. The van der Waals surface area contributed by atoms with Crippen LogP contribution in [0.3, 0.4) is 0 Å². The molecule has 1 fully saturated rings. The van der Waals surface area contributed by atoms with E-state index in [1.54, 1.807) is 20.3 Å². The molecule has 0 aliphatic carbocycles. The molecule has 20 heavy (non-hydrogen) atoms. The Morgan fingerprint density at radius 3 is 2.65 bits per heavy atom. The van der Waals surface area contributed by atoms with E-state index < -0.39 is 5.97 Å². The molecule has 2 rings (SSSR count). The van der Waals surface area contributed by atoms with Gasteiger partial charge in [0.15, 0.2) is 11.5 Å². The first-order valence-corrected chi connectivity index (χ1v) is 6.83.